The molecular weight excluding hydrogens is 198 g/mol. The normalized spacial score (nSPS) is 10.4. The Balaban J connectivity index is 0.000000606. The van der Waals surface area contributed by atoms with Crippen molar-refractivity contribution in [2.45, 2.75) is 47.1 Å². The zero-order chi connectivity index (χ0) is 12.1. The Morgan fingerprint density at radius 2 is 2.00 bits per heavy atom. The second-order valence-corrected chi connectivity index (χ2v) is 3.74. The average molecular weight is 219 g/mol. The number of hydrogen-bond donors (Lipinski definition) is 0. The van der Waals surface area contributed by atoms with Gasteiger partial charge in [0.15, 0.2) is 0 Å². The number of aromatic nitrogens is 3. The number of aryl methyl sites for hydroxylation is 1. The lowest BCUT2D eigenvalue weighted by atomic mass is 10.1. The van der Waals surface area contributed by atoms with Crippen molar-refractivity contribution in [2.24, 2.45) is 0 Å². The van der Waals surface area contributed by atoms with Gasteiger partial charge in [0, 0.05) is 18.1 Å². The van der Waals surface area contributed by atoms with Gasteiger partial charge in [-0.1, -0.05) is 27.7 Å². The fourth-order valence-corrected chi connectivity index (χ4v) is 1.74. The number of hydrogen-bond acceptors (Lipinski definition) is 2. The third kappa shape index (κ3) is 2.23. The molecule has 0 fully saturated rings. The van der Waals surface area contributed by atoms with Crippen LogP contribution in [0.25, 0.3) is 10.9 Å². The van der Waals surface area contributed by atoms with Gasteiger partial charge in [0.1, 0.15) is 0 Å². The van der Waals surface area contributed by atoms with E-state index in [2.05, 4.69) is 30.9 Å². The van der Waals surface area contributed by atoms with Gasteiger partial charge in [-0.15, -0.1) is 0 Å². The molecular formula is C13H21N3. The first kappa shape index (κ1) is 12.7. The Morgan fingerprint density at radius 3 is 2.56 bits per heavy atom. The summed E-state index contributed by atoms with van der Waals surface area (Å²) in [6, 6.07) is 2.03. The summed E-state index contributed by atoms with van der Waals surface area (Å²) < 4.78 is 2.00. The first-order chi connectivity index (χ1) is 7.74. The van der Waals surface area contributed by atoms with Crippen LogP contribution in [-0.2, 0) is 6.54 Å². The van der Waals surface area contributed by atoms with Gasteiger partial charge >= 0.3 is 0 Å². The van der Waals surface area contributed by atoms with Crippen molar-refractivity contribution >= 4 is 10.9 Å². The summed E-state index contributed by atoms with van der Waals surface area (Å²) in [5.41, 5.74) is 2.33. The van der Waals surface area contributed by atoms with Crippen LogP contribution in [0.1, 0.15) is 46.2 Å². The molecule has 3 nitrogen and oxygen atoms in total. The first-order valence-corrected chi connectivity index (χ1v) is 6.04. The molecule has 0 aromatic carbocycles. The van der Waals surface area contributed by atoms with Gasteiger partial charge in [-0.25, -0.2) is 0 Å². The number of rotatable bonds is 2. The Hall–Kier alpha value is -1.38. The molecule has 2 aromatic rings. The summed E-state index contributed by atoms with van der Waals surface area (Å²) in [5.74, 6) is 0.452. The predicted molar refractivity (Wildman–Crippen MR) is 68.6 cm³/mol. The van der Waals surface area contributed by atoms with E-state index in [9.17, 15) is 0 Å². The van der Waals surface area contributed by atoms with Gasteiger partial charge in [-0.05, 0) is 18.9 Å². The lowest BCUT2D eigenvalue weighted by molar-refractivity contribution is 0.683. The summed E-state index contributed by atoms with van der Waals surface area (Å²) in [6.45, 7) is 11.3. The maximum atomic E-state index is 4.40. The highest BCUT2D eigenvalue weighted by Crippen LogP contribution is 2.22. The molecule has 0 aliphatic carbocycles. The van der Waals surface area contributed by atoms with Gasteiger partial charge in [-0.3, -0.25) is 9.67 Å². The molecule has 0 unspecified atom stereocenters. The fourth-order valence-electron chi connectivity index (χ4n) is 1.74. The molecule has 2 rings (SSSR count). The summed E-state index contributed by atoms with van der Waals surface area (Å²) in [4.78, 5) is 4.40. The highest BCUT2D eigenvalue weighted by molar-refractivity contribution is 5.81. The summed E-state index contributed by atoms with van der Waals surface area (Å²) in [7, 11) is 0. The van der Waals surface area contributed by atoms with Crippen molar-refractivity contribution in [1.29, 1.82) is 0 Å². The molecule has 2 heterocycles. The monoisotopic (exact) mass is 219 g/mol. The molecule has 0 saturated heterocycles. The van der Waals surface area contributed by atoms with Crippen molar-refractivity contribution in [2.75, 3.05) is 0 Å². The van der Waals surface area contributed by atoms with E-state index in [1.54, 1.807) is 0 Å². The van der Waals surface area contributed by atoms with Crippen LogP contribution in [-0.4, -0.2) is 14.8 Å². The molecule has 0 N–H and O–H groups in total. The van der Waals surface area contributed by atoms with Crippen LogP contribution in [0.5, 0.6) is 0 Å². The highest BCUT2D eigenvalue weighted by Gasteiger charge is 2.09. The zero-order valence-electron chi connectivity index (χ0n) is 10.9. The molecule has 88 valence electrons. The van der Waals surface area contributed by atoms with E-state index in [0.29, 0.717) is 5.92 Å². The van der Waals surface area contributed by atoms with Crippen molar-refractivity contribution in [3.05, 3.63) is 24.2 Å². The smallest absolute Gasteiger partial charge is 0.0716 e. The molecule has 16 heavy (non-hydrogen) atoms. The van der Waals surface area contributed by atoms with Gasteiger partial charge in [0.2, 0.25) is 0 Å². The maximum absolute atomic E-state index is 4.40. The van der Waals surface area contributed by atoms with Crippen LogP contribution < -0.4 is 0 Å². The van der Waals surface area contributed by atoms with Crippen LogP contribution in [0.15, 0.2) is 18.5 Å². The molecule has 2 aromatic heterocycles. The molecule has 3 heteroatoms. The Bertz CT molecular complexity index is 443. The van der Waals surface area contributed by atoms with Gasteiger partial charge < -0.3 is 0 Å². The van der Waals surface area contributed by atoms with Crippen molar-refractivity contribution in [1.82, 2.24) is 14.8 Å². The van der Waals surface area contributed by atoms with Crippen LogP contribution in [0.2, 0.25) is 0 Å². The van der Waals surface area contributed by atoms with E-state index < -0.39 is 0 Å². The van der Waals surface area contributed by atoms with Crippen LogP contribution in [0, 0.1) is 0 Å². The largest absolute Gasteiger partial charge is 0.265 e. The standard InChI is InChI=1S/C11H15N3.C2H6/c1-4-14-10-5-6-12-11(8(2)3)9(10)7-13-14;1-2/h5-8H,4H2,1-3H3;1-2H3. The number of pyridine rings is 1. The minimum atomic E-state index is 0.452. The van der Waals surface area contributed by atoms with Crippen molar-refractivity contribution in [3.8, 4) is 0 Å². The molecule has 0 saturated carbocycles. The third-order valence-electron chi connectivity index (χ3n) is 2.45. The topological polar surface area (TPSA) is 30.7 Å². The van der Waals surface area contributed by atoms with Crippen LogP contribution in [0.3, 0.4) is 0 Å². The molecule has 0 bridgehead atoms. The van der Waals surface area contributed by atoms with Crippen LogP contribution >= 0.6 is 0 Å². The van der Waals surface area contributed by atoms with E-state index in [-0.39, 0.29) is 0 Å². The van der Waals surface area contributed by atoms with Gasteiger partial charge in [0.05, 0.1) is 17.4 Å². The minimum absolute atomic E-state index is 0.452. The fraction of sp³-hybridized carbons (Fsp3) is 0.538. The summed E-state index contributed by atoms with van der Waals surface area (Å²) >= 11 is 0. The lowest BCUT2D eigenvalue weighted by Gasteiger charge is -2.05. The van der Waals surface area contributed by atoms with E-state index >= 15 is 0 Å². The number of nitrogens with zero attached hydrogens (tertiary/aromatic N) is 3. The summed E-state index contributed by atoms with van der Waals surface area (Å²) in [6.07, 6.45) is 3.78. The Morgan fingerprint density at radius 1 is 1.31 bits per heavy atom. The van der Waals surface area contributed by atoms with Gasteiger partial charge in [0.25, 0.3) is 0 Å². The quantitative estimate of drug-likeness (QED) is 0.772. The van der Waals surface area contributed by atoms with E-state index in [0.717, 1.165) is 12.2 Å². The second-order valence-electron chi connectivity index (χ2n) is 3.74. The Labute approximate surface area is 97.5 Å². The maximum Gasteiger partial charge on any atom is 0.0716 e. The first-order valence-electron chi connectivity index (χ1n) is 6.04. The highest BCUT2D eigenvalue weighted by atomic mass is 15.3. The third-order valence-corrected chi connectivity index (χ3v) is 2.45. The molecule has 0 aliphatic heterocycles. The Kier molecular flexibility index (Phi) is 4.47. The molecule has 0 spiro atoms. The zero-order valence-corrected chi connectivity index (χ0v) is 10.9. The van der Waals surface area contributed by atoms with Crippen molar-refractivity contribution in [3.63, 3.8) is 0 Å². The lowest BCUT2D eigenvalue weighted by Crippen LogP contribution is -1.97. The molecule has 0 amide bonds. The van der Waals surface area contributed by atoms with E-state index in [4.69, 9.17) is 0 Å². The molecule has 0 atom stereocenters. The minimum Gasteiger partial charge on any atom is -0.265 e. The average Bonchev–Trinajstić information content (AvgIpc) is 2.74. The molecule has 0 aliphatic rings. The SMILES string of the molecule is CC.CCn1ncc2c(C(C)C)nccc21. The summed E-state index contributed by atoms with van der Waals surface area (Å²) in [5, 5.41) is 5.52. The van der Waals surface area contributed by atoms with E-state index in [1.807, 2.05) is 37.0 Å². The van der Waals surface area contributed by atoms with Crippen molar-refractivity contribution < 1.29 is 0 Å². The second kappa shape index (κ2) is 5.64. The van der Waals surface area contributed by atoms with Crippen LogP contribution in [0.4, 0.5) is 0 Å². The van der Waals surface area contributed by atoms with Gasteiger partial charge in [-0.2, -0.15) is 5.10 Å². The predicted octanol–water partition coefficient (Wildman–Crippen LogP) is 3.60. The van der Waals surface area contributed by atoms with E-state index in [1.165, 1.54) is 10.9 Å². The molecule has 0 radical (unpaired) electrons. The number of fused-ring (bicyclic) bond motifs is 1.